The fourth-order valence-corrected chi connectivity index (χ4v) is 1.25. The van der Waals surface area contributed by atoms with Gasteiger partial charge in [-0.25, -0.2) is 0 Å². The monoisotopic (exact) mass is 196 g/mol. The molecule has 0 aromatic rings. The quantitative estimate of drug-likeness (QED) is 0.632. The second kappa shape index (κ2) is 3.53. The molecule has 0 bridgehead atoms. The SMILES string of the molecule is CC1CNCC1NC(=O)C(F)(F)F. The number of carbonyl (C=O) groups is 1. The smallest absolute Gasteiger partial charge is 0.344 e. The van der Waals surface area contributed by atoms with Gasteiger partial charge in [0.25, 0.3) is 0 Å². The molecule has 2 atom stereocenters. The minimum atomic E-state index is -4.78. The van der Waals surface area contributed by atoms with Crippen LogP contribution in [0.1, 0.15) is 6.92 Å². The number of amides is 1. The second-order valence-corrected chi connectivity index (χ2v) is 3.21. The van der Waals surface area contributed by atoms with E-state index in [-0.39, 0.29) is 5.92 Å². The first-order valence-electron chi connectivity index (χ1n) is 3.99. The Bertz CT molecular complexity index is 204. The third kappa shape index (κ3) is 2.58. The maximum atomic E-state index is 11.8. The molecule has 1 heterocycles. The number of rotatable bonds is 1. The molecule has 1 fully saturated rings. The maximum absolute atomic E-state index is 11.8. The fraction of sp³-hybridized carbons (Fsp3) is 0.857. The lowest BCUT2D eigenvalue weighted by atomic mass is 10.1. The number of hydrogen-bond donors (Lipinski definition) is 2. The lowest BCUT2D eigenvalue weighted by molar-refractivity contribution is -0.174. The van der Waals surface area contributed by atoms with Crippen molar-refractivity contribution in [2.75, 3.05) is 13.1 Å². The van der Waals surface area contributed by atoms with Crippen molar-refractivity contribution in [3.8, 4) is 0 Å². The summed E-state index contributed by atoms with van der Waals surface area (Å²) in [5.41, 5.74) is 0. The molecule has 3 nitrogen and oxygen atoms in total. The number of alkyl halides is 3. The normalized spacial score (nSPS) is 28.9. The third-order valence-electron chi connectivity index (χ3n) is 2.09. The van der Waals surface area contributed by atoms with Crippen molar-refractivity contribution in [1.82, 2.24) is 10.6 Å². The van der Waals surface area contributed by atoms with Gasteiger partial charge in [0, 0.05) is 12.6 Å². The lowest BCUT2D eigenvalue weighted by Crippen LogP contribution is -2.46. The van der Waals surface area contributed by atoms with E-state index in [9.17, 15) is 18.0 Å². The highest BCUT2D eigenvalue weighted by Gasteiger charge is 2.40. The molecule has 0 radical (unpaired) electrons. The fourth-order valence-electron chi connectivity index (χ4n) is 1.25. The molecule has 1 aliphatic rings. The van der Waals surface area contributed by atoms with Gasteiger partial charge in [0.2, 0.25) is 0 Å². The van der Waals surface area contributed by atoms with Gasteiger partial charge in [0.05, 0.1) is 0 Å². The van der Waals surface area contributed by atoms with Crippen LogP contribution in [0.3, 0.4) is 0 Å². The summed E-state index contributed by atoms with van der Waals surface area (Å²) in [6.07, 6.45) is -4.78. The van der Waals surface area contributed by atoms with E-state index < -0.39 is 18.1 Å². The zero-order chi connectivity index (χ0) is 10.1. The predicted octanol–water partition coefficient (Wildman–Crippen LogP) is 0.273. The maximum Gasteiger partial charge on any atom is 0.471 e. The number of carbonyl (C=O) groups excluding carboxylic acids is 1. The summed E-state index contributed by atoms with van der Waals surface area (Å²) in [6, 6.07) is -0.408. The predicted molar refractivity (Wildman–Crippen MR) is 40.0 cm³/mol. The van der Waals surface area contributed by atoms with E-state index in [1.54, 1.807) is 6.92 Å². The standard InChI is InChI=1S/C7H11F3N2O/c1-4-2-11-3-5(4)12-6(13)7(8,9)10/h4-5,11H,2-3H2,1H3,(H,12,13). The van der Waals surface area contributed by atoms with Crippen LogP contribution in [0.5, 0.6) is 0 Å². The van der Waals surface area contributed by atoms with Gasteiger partial charge in [-0.15, -0.1) is 0 Å². The Hall–Kier alpha value is -0.780. The molecule has 2 N–H and O–H groups in total. The zero-order valence-electron chi connectivity index (χ0n) is 7.11. The molecule has 1 amide bonds. The summed E-state index contributed by atoms with van der Waals surface area (Å²) in [7, 11) is 0. The van der Waals surface area contributed by atoms with Crippen molar-refractivity contribution in [3.63, 3.8) is 0 Å². The highest BCUT2D eigenvalue weighted by atomic mass is 19.4. The molecule has 13 heavy (non-hydrogen) atoms. The average molecular weight is 196 g/mol. The number of nitrogens with one attached hydrogen (secondary N) is 2. The molecular weight excluding hydrogens is 185 g/mol. The van der Waals surface area contributed by atoms with Crippen LogP contribution in [0.4, 0.5) is 13.2 Å². The largest absolute Gasteiger partial charge is 0.471 e. The molecule has 6 heteroatoms. The van der Waals surface area contributed by atoms with Gasteiger partial charge in [-0.1, -0.05) is 6.92 Å². The van der Waals surface area contributed by atoms with E-state index in [0.29, 0.717) is 13.1 Å². The van der Waals surface area contributed by atoms with Crippen molar-refractivity contribution in [2.45, 2.75) is 19.1 Å². The zero-order valence-corrected chi connectivity index (χ0v) is 7.11. The van der Waals surface area contributed by atoms with E-state index in [0.717, 1.165) is 0 Å². The summed E-state index contributed by atoms with van der Waals surface area (Å²) in [6.45, 7) is 2.84. The van der Waals surface area contributed by atoms with Crippen LogP contribution < -0.4 is 10.6 Å². The van der Waals surface area contributed by atoms with Crippen LogP contribution in [0.2, 0.25) is 0 Å². The molecule has 0 spiro atoms. The third-order valence-corrected chi connectivity index (χ3v) is 2.09. The Morgan fingerprint density at radius 2 is 2.08 bits per heavy atom. The first-order chi connectivity index (χ1) is 5.91. The molecule has 0 aromatic heterocycles. The lowest BCUT2D eigenvalue weighted by Gasteiger charge is -2.16. The molecule has 0 aliphatic carbocycles. The molecule has 1 rings (SSSR count). The van der Waals surface area contributed by atoms with Crippen LogP contribution in [0.25, 0.3) is 0 Å². The molecule has 1 saturated heterocycles. The summed E-state index contributed by atoms with van der Waals surface area (Å²) in [4.78, 5) is 10.5. The van der Waals surface area contributed by atoms with Gasteiger partial charge in [-0.05, 0) is 12.5 Å². The first kappa shape index (κ1) is 10.3. The van der Waals surface area contributed by atoms with Crippen LogP contribution in [-0.2, 0) is 4.79 Å². The van der Waals surface area contributed by atoms with Crippen molar-refractivity contribution in [3.05, 3.63) is 0 Å². The van der Waals surface area contributed by atoms with Gasteiger partial charge in [-0.3, -0.25) is 4.79 Å². The minimum Gasteiger partial charge on any atom is -0.344 e. The summed E-state index contributed by atoms with van der Waals surface area (Å²) in [5.74, 6) is -1.81. The van der Waals surface area contributed by atoms with Crippen molar-refractivity contribution in [2.24, 2.45) is 5.92 Å². The summed E-state index contributed by atoms with van der Waals surface area (Å²) >= 11 is 0. The second-order valence-electron chi connectivity index (χ2n) is 3.21. The van der Waals surface area contributed by atoms with E-state index in [1.165, 1.54) is 0 Å². The van der Waals surface area contributed by atoms with Crippen molar-refractivity contribution in [1.29, 1.82) is 0 Å². The topological polar surface area (TPSA) is 41.1 Å². The molecule has 0 saturated carbocycles. The van der Waals surface area contributed by atoms with Gasteiger partial charge in [0.1, 0.15) is 0 Å². The van der Waals surface area contributed by atoms with E-state index >= 15 is 0 Å². The van der Waals surface area contributed by atoms with Crippen LogP contribution in [0, 0.1) is 5.92 Å². The Morgan fingerprint density at radius 1 is 1.46 bits per heavy atom. The Balaban J connectivity index is 2.45. The number of halogens is 3. The van der Waals surface area contributed by atoms with Crippen molar-refractivity contribution < 1.29 is 18.0 Å². The van der Waals surface area contributed by atoms with E-state index in [2.05, 4.69) is 5.32 Å². The minimum absolute atomic E-state index is 0.0475. The van der Waals surface area contributed by atoms with Crippen molar-refractivity contribution >= 4 is 5.91 Å². The van der Waals surface area contributed by atoms with Crippen LogP contribution >= 0.6 is 0 Å². The van der Waals surface area contributed by atoms with Gasteiger partial charge in [-0.2, -0.15) is 13.2 Å². The van der Waals surface area contributed by atoms with E-state index in [1.807, 2.05) is 5.32 Å². The molecule has 2 unspecified atom stereocenters. The average Bonchev–Trinajstić information content (AvgIpc) is 2.34. The first-order valence-corrected chi connectivity index (χ1v) is 3.99. The Morgan fingerprint density at radius 3 is 2.46 bits per heavy atom. The van der Waals surface area contributed by atoms with E-state index in [4.69, 9.17) is 0 Å². The molecule has 0 aromatic carbocycles. The molecular formula is C7H11F3N2O. The van der Waals surface area contributed by atoms with Gasteiger partial charge in [0.15, 0.2) is 0 Å². The summed E-state index contributed by atoms with van der Waals surface area (Å²) in [5, 5.41) is 4.84. The number of hydrogen-bond acceptors (Lipinski definition) is 2. The highest BCUT2D eigenvalue weighted by Crippen LogP contribution is 2.16. The van der Waals surface area contributed by atoms with Crippen LogP contribution in [0.15, 0.2) is 0 Å². The van der Waals surface area contributed by atoms with Crippen LogP contribution in [-0.4, -0.2) is 31.2 Å². The van der Waals surface area contributed by atoms with Gasteiger partial charge >= 0.3 is 12.1 Å². The Kier molecular flexibility index (Phi) is 2.80. The Labute approximate surface area is 73.7 Å². The summed E-state index contributed by atoms with van der Waals surface area (Å²) < 4.78 is 35.4. The molecule has 1 aliphatic heterocycles. The van der Waals surface area contributed by atoms with Gasteiger partial charge < -0.3 is 10.6 Å². The highest BCUT2D eigenvalue weighted by molar-refractivity contribution is 5.82. The molecule has 76 valence electrons.